The molecule has 0 heteroatoms. The molecule has 0 radical (unpaired) electrons. The molecule has 6 rings (SSSR count). The maximum Gasteiger partial charge on any atom is -0.0105 e. The molecule has 0 aliphatic rings. The molecule has 0 bridgehead atoms. The second-order valence-electron chi connectivity index (χ2n) is 10.8. The van der Waals surface area contributed by atoms with E-state index in [9.17, 15) is 0 Å². The maximum absolute atomic E-state index is 2.29. The molecule has 0 heterocycles. The highest BCUT2D eigenvalue weighted by atomic mass is 14.1. The van der Waals surface area contributed by atoms with E-state index in [-0.39, 0.29) is 0 Å². The highest BCUT2D eigenvalue weighted by Gasteiger charge is 2.08. The minimum absolute atomic E-state index is 1.18. The molecular formula is C42H34. The Morgan fingerprint density at radius 3 is 0.976 bits per heavy atom. The van der Waals surface area contributed by atoms with Gasteiger partial charge in [0.05, 0.1) is 0 Å². The van der Waals surface area contributed by atoms with Crippen LogP contribution < -0.4 is 0 Å². The van der Waals surface area contributed by atoms with Crippen molar-refractivity contribution < 1.29 is 0 Å². The lowest BCUT2D eigenvalue weighted by atomic mass is 9.93. The van der Waals surface area contributed by atoms with Gasteiger partial charge in [-0.2, -0.15) is 0 Å². The SMILES string of the molecule is Cc1ccc(C(=Cc2ccc(-c3ccc(C=C(c4ccccc4)c4ccccc4)cc3)cc2)c2ccc(C)cc2)cc1. The first-order chi connectivity index (χ1) is 20.6. The first kappa shape index (κ1) is 27.0. The smallest absolute Gasteiger partial charge is 0.0105 e. The second kappa shape index (κ2) is 12.5. The molecule has 202 valence electrons. The summed E-state index contributed by atoms with van der Waals surface area (Å²) in [6, 6.07) is 56.5. The Balaban J connectivity index is 1.28. The van der Waals surface area contributed by atoms with Gasteiger partial charge < -0.3 is 0 Å². The third-order valence-corrected chi connectivity index (χ3v) is 7.67. The lowest BCUT2D eigenvalue weighted by Gasteiger charge is -2.11. The largest absolute Gasteiger partial charge is 0.0622 e. The predicted octanol–water partition coefficient (Wildman–Crippen LogP) is 11.1. The van der Waals surface area contributed by atoms with Gasteiger partial charge in [0, 0.05) is 0 Å². The summed E-state index contributed by atoms with van der Waals surface area (Å²) in [6.07, 6.45) is 4.57. The molecule has 42 heavy (non-hydrogen) atoms. The molecule has 0 amide bonds. The van der Waals surface area contributed by atoms with Crippen LogP contribution in [0.5, 0.6) is 0 Å². The van der Waals surface area contributed by atoms with Crippen LogP contribution in [0.1, 0.15) is 44.5 Å². The van der Waals surface area contributed by atoms with Crippen molar-refractivity contribution in [2.45, 2.75) is 13.8 Å². The summed E-state index contributed by atoms with van der Waals surface area (Å²) in [5.74, 6) is 0. The molecular weight excluding hydrogens is 504 g/mol. The summed E-state index contributed by atoms with van der Waals surface area (Å²) >= 11 is 0. The van der Waals surface area contributed by atoms with Crippen LogP contribution in [0.2, 0.25) is 0 Å². The van der Waals surface area contributed by atoms with E-state index < -0.39 is 0 Å². The van der Waals surface area contributed by atoms with E-state index in [4.69, 9.17) is 0 Å². The molecule has 0 saturated carbocycles. The molecule has 0 N–H and O–H groups in total. The predicted molar refractivity (Wildman–Crippen MR) is 181 cm³/mol. The van der Waals surface area contributed by atoms with Crippen LogP contribution in [-0.4, -0.2) is 0 Å². The van der Waals surface area contributed by atoms with E-state index in [1.54, 1.807) is 0 Å². The van der Waals surface area contributed by atoms with Gasteiger partial charge in [-0.15, -0.1) is 0 Å². The van der Waals surface area contributed by atoms with E-state index in [1.165, 1.54) is 66.8 Å². The highest BCUT2D eigenvalue weighted by Crippen LogP contribution is 2.30. The van der Waals surface area contributed by atoms with Gasteiger partial charge in [0.15, 0.2) is 0 Å². The van der Waals surface area contributed by atoms with Gasteiger partial charge in [-0.05, 0) is 81.7 Å². The van der Waals surface area contributed by atoms with Crippen LogP contribution >= 0.6 is 0 Å². The Labute approximate surface area is 250 Å². The van der Waals surface area contributed by atoms with Gasteiger partial charge in [-0.25, -0.2) is 0 Å². The summed E-state index contributed by atoms with van der Waals surface area (Å²) in [5, 5.41) is 0. The highest BCUT2D eigenvalue weighted by molar-refractivity contribution is 5.92. The van der Waals surface area contributed by atoms with Gasteiger partial charge in [0.25, 0.3) is 0 Å². The van der Waals surface area contributed by atoms with E-state index in [1.807, 2.05) is 0 Å². The molecule has 0 unspecified atom stereocenters. The fourth-order valence-corrected chi connectivity index (χ4v) is 5.25. The Bertz CT molecular complexity index is 1710. The van der Waals surface area contributed by atoms with Crippen molar-refractivity contribution in [1.82, 2.24) is 0 Å². The molecule has 0 fully saturated rings. The van der Waals surface area contributed by atoms with Crippen molar-refractivity contribution in [1.29, 1.82) is 0 Å². The minimum atomic E-state index is 1.18. The van der Waals surface area contributed by atoms with Crippen molar-refractivity contribution in [3.05, 3.63) is 202 Å². The lowest BCUT2D eigenvalue weighted by molar-refractivity contribution is 1.43. The van der Waals surface area contributed by atoms with E-state index in [2.05, 4.69) is 184 Å². The molecule has 0 aliphatic heterocycles. The van der Waals surface area contributed by atoms with Gasteiger partial charge in [-0.1, -0.05) is 169 Å². The number of aryl methyl sites for hydroxylation is 2. The third-order valence-electron chi connectivity index (χ3n) is 7.67. The van der Waals surface area contributed by atoms with Crippen LogP contribution in [0.3, 0.4) is 0 Å². The summed E-state index contributed by atoms with van der Waals surface area (Å²) in [7, 11) is 0. The molecule has 6 aromatic rings. The Morgan fingerprint density at radius 2 is 0.643 bits per heavy atom. The molecule has 0 aromatic heterocycles. The Hall–Kier alpha value is -5.20. The van der Waals surface area contributed by atoms with Gasteiger partial charge in [0.1, 0.15) is 0 Å². The van der Waals surface area contributed by atoms with Crippen LogP contribution in [0.15, 0.2) is 158 Å². The monoisotopic (exact) mass is 538 g/mol. The Morgan fingerprint density at radius 1 is 0.333 bits per heavy atom. The number of hydrogen-bond acceptors (Lipinski definition) is 0. The molecule has 0 atom stereocenters. The van der Waals surface area contributed by atoms with Crippen LogP contribution in [0.4, 0.5) is 0 Å². The van der Waals surface area contributed by atoms with Gasteiger partial charge in [0.2, 0.25) is 0 Å². The number of hydrogen-bond donors (Lipinski definition) is 0. The summed E-state index contributed by atoms with van der Waals surface area (Å²) < 4.78 is 0. The van der Waals surface area contributed by atoms with Crippen molar-refractivity contribution in [3.8, 4) is 11.1 Å². The average Bonchev–Trinajstić information content (AvgIpc) is 3.05. The summed E-state index contributed by atoms with van der Waals surface area (Å²) in [5.41, 5.74) is 14.6. The summed E-state index contributed by atoms with van der Waals surface area (Å²) in [4.78, 5) is 0. The quantitative estimate of drug-likeness (QED) is 0.177. The second-order valence-corrected chi connectivity index (χ2v) is 10.8. The fourth-order valence-electron chi connectivity index (χ4n) is 5.25. The zero-order valence-corrected chi connectivity index (χ0v) is 24.2. The third kappa shape index (κ3) is 6.40. The number of benzene rings is 6. The minimum Gasteiger partial charge on any atom is -0.0622 e. The standard InChI is InChI=1S/C42H34/c1-31-13-21-39(22-14-31)42(40-23-15-32(2)16-24-40)30-34-19-27-36(28-20-34)35-25-17-33(18-26-35)29-41(37-9-5-3-6-10-37)38-11-7-4-8-12-38/h3-30H,1-2H3. The Kier molecular flexibility index (Phi) is 8.06. The topological polar surface area (TPSA) is 0 Å². The maximum atomic E-state index is 2.29. The molecule has 0 saturated heterocycles. The first-order valence-corrected chi connectivity index (χ1v) is 14.5. The average molecular weight is 539 g/mol. The summed E-state index contributed by atoms with van der Waals surface area (Å²) in [6.45, 7) is 4.26. The lowest BCUT2D eigenvalue weighted by Crippen LogP contribution is -1.90. The van der Waals surface area contributed by atoms with E-state index >= 15 is 0 Å². The fraction of sp³-hybridized carbons (Fsp3) is 0.0476. The van der Waals surface area contributed by atoms with Crippen LogP contribution in [0, 0.1) is 13.8 Å². The van der Waals surface area contributed by atoms with Crippen molar-refractivity contribution in [2.24, 2.45) is 0 Å². The molecule has 6 aromatic carbocycles. The van der Waals surface area contributed by atoms with E-state index in [0.717, 1.165) is 0 Å². The van der Waals surface area contributed by atoms with Gasteiger partial charge >= 0.3 is 0 Å². The molecule has 0 nitrogen and oxygen atoms in total. The van der Waals surface area contributed by atoms with Crippen molar-refractivity contribution >= 4 is 23.3 Å². The van der Waals surface area contributed by atoms with Crippen molar-refractivity contribution in [2.75, 3.05) is 0 Å². The van der Waals surface area contributed by atoms with Crippen LogP contribution in [0.25, 0.3) is 34.4 Å². The zero-order valence-electron chi connectivity index (χ0n) is 24.2. The first-order valence-electron chi connectivity index (χ1n) is 14.5. The number of rotatable bonds is 7. The molecule has 0 aliphatic carbocycles. The zero-order chi connectivity index (χ0) is 28.7. The normalized spacial score (nSPS) is 10.6. The van der Waals surface area contributed by atoms with Crippen LogP contribution in [-0.2, 0) is 0 Å². The van der Waals surface area contributed by atoms with Crippen molar-refractivity contribution in [3.63, 3.8) is 0 Å². The van der Waals surface area contributed by atoms with Gasteiger partial charge in [-0.3, -0.25) is 0 Å². The van der Waals surface area contributed by atoms with E-state index in [0.29, 0.717) is 0 Å². The molecule has 0 spiro atoms.